The number of methoxy groups -OCH3 is 1. The smallest absolute Gasteiger partial charge is 0.422 e. The van der Waals surface area contributed by atoms with E-state index >= 15 is 0 Å². The van der Waals surface area contributed by atoms with Crippen molar-refractivity contribution in [1.82, 2.24) is 9.97 Å². The molecule has 2 saturated heterocycles. The fourth-order valence-electron chi connectivity index (χ4n) is 4.26. The van der Waals surface area contributed by atoms with Crippen LogP contribution in [-0.2, 0) is 14.2 Å². The van der Waals surface area contributed by atoms with Crippen LogP contribution in [0, 0.1) is 0 Å². The van der Waals surface area contributed by atoms with Crippen LogP contribution in [0.2, 0.25) is 5.02 Å². The molecule has 3 aromatic rings. The van der Waals surface area contributed by atoms with E-state index in [0.29, 0.717) is 27.4 Å². The van der Waals surface area contributed by atoms with Gasteiger partial charge in [0.15, 0.2) is 17.6 Å². The molecule has 35 heavy (non-hydrogen) atoms. The number of anilines is 2. The Morgan fingerprint density at radius 3 is 2.74 bits per heavy atom. The Hall–Kier alpha value is -2.38. The number of halogens is 5. The Bertz CT molecular complexity index is 1280. The standard InChI is InChI=1S/C22H18BrClF3N3O5/c1-32-21(22(25,26)27)8-34-18-17(7-33-19(18)21)35-16-6-14-11(5-15(16)31)20(29-9-28-14)30-10-2-3-12(23)13(24)4-10/h2-6,9,17-19,31H,7-8H2,1H3,(H,28,29,30)/t17-,18?,19?,21+/m1/s1. The van der Waals surface area contributed by atoms with Gasteiger partial charge in [-0.3, -0.25) is 0 Å². The minimum atomic E-state index is -4.69. The van der Waals surface area contributed by atoms with Crippen molar-refractivity contribution in [2.45, 2.75) is 30.1 Å². The highest BCUT2D eigenvalue weighted by atomic mass is 79.9. The molecule has 8 nitrogen and oxygen atoms in total. The SMILES string of the molecule is CO[C@@]1(C(F)(F)F)COC2C1OC[C@H]2Oc1cc2ncnc(Nc3ccc(Br)c(Cl)c3)c2cc1O. The number of nitrogens with zero attached hydrogens (tertiary/aromatic N) is 2. The molecular formula is C22H18BrClF3N3O5. The summed E-state index contributed by atoms with van der Waals surface area (Å²) in [5.74, 6) is 0.182. The molecule has 0 aliphatic carbocycles. The van der Waals surface area contributed by atoms with E-state index in [2.05, 4.69) is 31.2 Å². The number of fused-ring (bicyclic) bond motifs is 2. The summed E-state index contributed by atoms with van der Waals surface area (Å²) < 4.78 is 63.3. The molecule has 2 aliphatic rings. The van der Waals surface area contributed by atoms with Gasteiger partial charge < -0.3 is 29.4 Å². The van der Waals surface area contributed by atoms with Crippen LogP contribution in [0.4, 0.5) is 24.7 Å². The second-order valence-electron chi connectivity index (χ2n) is 8.09. The molecule has 2 N–H and O–H groups in total. The number of phenols is 1. The average molecular weight is 577 g/mol. The number of aromatic nitrogens is 2. The summed E-state index contributed by atoms with van der Waals surface area (Å²) >= 11 is 9.48. The first-order valence-corrected chi connectivity index (χ1v) is 11.5. The van der Waals surface area contributed by atoms with Crippen molar-refractivity contribution in [3.05, 3.63) is 46.2 Å². The summed E-state index contributed by atoms with van der Waals surface area (Å²) in [6.07, 6.45) is -6.68. The van der Waals surface area contributed by atoms with Gasteiger partial charge in [-0.2, -0.15) is 13.2 Å². The predicted octanol–water partition coefficient (Wildman–Crippen LogP) is 4.99. The number of aromatic hydroxyl groups is 1. The van der Waals surface area contributed by atoms with Crippen molar-refractivity contribution < 1.29 is 37.2 Å². The summed E-state index contributed by atoms with van der Waals surface area (Å²) in [5.41, 5.74) is -1.48. The lowest BCUT2D eigenvalue weighted by molar-refractivity contribution is -0.291. The second-order valence-corrected chi connectivity index (χ2v) is 9.35. The van der Waals surface area contributed by atoms with Crippen LogP contribution in [0.15, 0.2) is 41.1 Å². The first kappa shape index (κ1) is 24.3. The number of hydrogen-bond acceptors (Lipinski definition) is 8. The summed E-state index contributed by atoms with van der Waals surface area (Å²) in [6, 6.07) is 8.15. The molecule has 0 bridgehead atoms. The molecule has 2 aliphatic heterocycles. The van der Waals surface area contributed by atoms with E-state index in [0.717, 1.165) is 11.6 Å². The van der Waals surface area contributed by atoms with Crippen LogP contribution in [0.1, 0.15) is 0 Å². The summed E-state index contributed by atoms with van der Waals surface area (Å²) in [4.78, 5) is 8.45. The molecule has 1 aromatic heterocycles. The Balaban J connectivity index is 1.40. The van der Waals surface area contributed by atoms with E-state index in [9.17, 15) is 18.3 Å². The van der Waals surface area contributed by atoms with Gasteiger partial charge in [-0.05, 0) is 40.2 Å². The minimum absolute atomic E-state index is 0.0219. The lowest BCUT2D eigenvalue weighted by atomic mass is 9.95. The van der Waals surface area contributed by atoms with Gasteiger partial charge in [0.25, 0.3) is 0 Å². The lowest BCUT2D eigenvalue weighted by Crippen LogP contribution is -2.56. The molecule has 2 aromatic carbocycles. The number of alkyl halides is 3. The van der Waals surface area contributed by atoms with E-state index in [-0.39, 0.29) is 18.1 Å². The number of benzene rings is 2. The van der Waals surface area contributed by atoms with Crippen LogP contribution in [-0.4, -0.2) is 65.5 Å². The third kappa shape index (κ3) is 4.16. The van der Waals surface area contributed by atoms with Gasteiger partial charge in [0, 0.05) is 28.7 Å². The summed E-state index contributed by atoms with van der Waals surface area (Å²) in [7, 11) is 0.972. The number of ether oxygens (including phenoxy) is 4. The third-order valence-electron chi connectivity index (χ3n) is 6.08. The average Bonchev–Trinajstić information content (AvgIpc) is 3.38. The number of hydrogen-bond donors (Lipinski definition) is 2. The fraction of sp³-hybridized carbons (Fsp3) is 0.364. The van der Waals surface area contributed by atoms with E-state index in [1.807, 2.05) is 0 Å². The van der Waals surface area contributed by atoms with E-state index in [1.165, 1.54) is 18.5 Å². The van der Waals surface area contributed by atoms with Crippen molar-refractivity contribution in [2.75, 3.05) is 25.6 Å². The molecule has 3 heterocycles. The zero-order valence-electron chi connectivity index (χ0n) is 18.0. The Labute approximate surface area is 210 Å². The number of nitrogens with one attached hydrogen (secondary N) is 1. The maximum atomic E-state index is 13.7. The monoisotopic (exact) mass is 575 g/mol. The van der Waals surface area contributed by atoms with Crippen molar-refractivity contribution >= 4 is 49.9 Å². The van der Waals surface area contributed by atoms with Gasteiger partial charge in [-0.1, -0.05) is 11.6 Å². The minimum Gasteiger partial charge on any atom is -0.504 e. The summed E-state index contributed by atoms with van der Waals surface area (Å²) in [6.45, 7) is -0.886. The van der Waals surface area contributed by atoms with Crippen LogP contribution >= 0.6 is 27.5 Å². The molecule has 0 spiro atoms. The Morgan fingerprint density at radius 1 is 1.23 bits per heavy atom. The van der Waals surface area contributed by atoms with Gasteiger partial charge in [0.05, 0.1) is 23.8 Å². The molecular weight excluding hydrogens is 559 g/mol. The normalized spacial score (nSPS) is 26.2. The molecule has 4 atom stereocenters. The molecule has 186 valence electrons. The predicted molar refractivity (Wildman–Crippen MR) is 123 cm³/mol. The van der Waals surface area contributed by atoms with Crippen molar-refractivity contribution in [3.63, 3.8) is 0 Å². The maximum absolute atomic E-state index is 13.7. The molecule has 0 radical (unpaired) electrons. The molecule has 13 heteroatoms. The van der Waals surface area contributed by atoms with Crippen molar-refractivity contribution in [1.29, 1.82) is 0 Å². The van der Waals surface area contributed by atoms with E-state index in [1.54, 1.807) is 18.2 Å². The maximum Gasteiger partial charge on any atom is 0.422 e. The fourth-order valence-corrected chi connectivity index (χ4v) is 4.68. The summed E-state index contributed by atoms with van der Waals surface area (Å²) in [5, 5.41) is 14.8. The molecule has 2 unspecified atom stereocenters. The first-order chi connectivity index (χ1) is 16.6. The van der Waals surface area contributed by atoms with Gasteiger partial charge in [0.2, 0.25) is 5.60 Å². The van der Waals surface area contributed by atoms with Gasteiger partial charge in [-0.25, -0.2) is 9.97 Å². The molecule has 5 rings (SSSR count). The van der Waals surface area contributed by atoms with Gasteiger partial charge in [0.1, 0.15) is 24.4 Å². The molecule has 0 amide bonds. The first-order valence-electron chi connectivity index (χ1n) is 10.3. The quantitative estimate of drug-likeness (QED) is 0.439. The van der Waals surface area contributed by atoms with Gasteiger partial charge >= 0.3 is 6.18 Å². The topological polar surface area (TPSA) is 95.0 Å². The highest BCUT2D eigenvalue weighted by Crippen LogP contribution is 2.47. The lowest BCUT2D eigenvalue weighted by Gasteiger charge is -2.32. The Kier molecular flexibility index (Phi) is 6.20. The van der Waals surface area contributed by atoms with Crippen LogP contribution in [0.3, 0.4) is 0 Å². The van der Waals surface area contributed by atoms with Crippen LogP contribution < -0.4 is 10.1 Å². The second kappa shape index (κ2) is 8.93. The van der Waals surface area contributed by atoms with E-state index in [4.69, 9.17) is 30.5 Å². The highest BCUT2D eigenvalue weighted by molar-refractivity contribution is 9.10. The van der Waals surface area contributed by atoms with Crippen molar-refractivity contribution in [3.8, 4) is 11.5 Å². The van der Waals surface area contributed by atoms with Crippen molar-refractivity contribution in [2.24, 2.45) is 0 Å². The zero-order valence-corrected chi connectivity index (χ0v) is 20.3. The Morgan fingerprint density at radius 2 is 2.03 bits per heavy atom. The third-order valence-corrected chi connectivity index (χ3v) is 7.31. The van der Waals surface area contributed by atoms with Gasteiger partial charge in [-0.15, -0.1) is 0 Å². The highest BCUT2D eigenvalue weighted by Gasteiger charge is 2.70. The number of rotatable bonds is 5. The molecule has 0 saturated carbocycles. The van der Waals surface area contributed by atoms with Crippen LogP contribution in [0.25, 0.3) is 10.9 Å². The zero-order chi connectivity index (χ0) is 25.0. The number of phenolic OH excluding ortho intramolecular Hbond substituents is 1. The van der Waals surface area contributed by atoms with Crippen LogP contribution in [0.5, 0.6) is 11.5 Å². The largest absolute Gasteiger partial charge is 0.504 e. The van der Waals surface area contributed by atoms with E-state index < -0.39 is 36.7 Å². The molecule has 2 fully saturated rings.